The summed E-state index contributed by atoms with van der Waals surface area (Å²) in [5.41, 5.74) is 0. The maximum atomic E-state index is 9.84. The van der Waals surface area contributed by atoms with Gasteiger partial charge in [-0.25, -0.2) is 16.8 Å². The van der Waals surface area contributed by atoms with Crippen LogP contribution in [-0.4, -0.2) is 36.8 Å². The Morgan fingerprint density at radius 1 is 0.923 bits per heavy atom. The number of carbonyl (C=O) groups excluding carboxylic acids is 1. The molecule has 13 heavy (non-hydrogen) atoms. The van der Waals surface area contributed by atoms with Gasteiger partial charge < -0.3 is 13.9 Å². The first-order valence-corrected chi connectivity index (χ1v) is 4.98. The normalized spacial score (nSPS) is 11.3. The SMILES string of the molecule is O=CC(S(=O)(=O)[O-])S(=O)(=O)[O-].[K+].[K+]. The molecule has 0 atom stereocenters. The third-order valence-electron chi connectivity index (χ3n) is 0.680. The van der Waals surface area contributed by atoms with Crippen LogP contribution >= 0.6 is 0 Å². The van der Waals surface area contributed by atoms with Crippen LogP contribution in [0.2, 0.25) is 0 Å². The second-order valence-electron chi connectivity index (χ2n) is 1.49. The molecule has 0 bridgehead atoms. The van der Waals surface area contributed by atoms with Gasteiger partial charge in [-0.15, -0.1) is 0 Å². The van der Waals surface area contributed by atoms with Gasteiger partial charge in [-0.2, -0.15) is 0 Å². The summed E-state index contributed by atoms with van der Waals surface area (Å²) in [6, 6.07) is 0. The molecule has 66 valence electrons. The van der Waals surface area contributed by atoms with E-state index >= 15 is 0 Å². The van der Waals surface area contributed by atoms with Crippen LogP contribution in [0.4, 0.5) is 0 Å². The van der Waals surface area contributed by atoms with Crippen LogP contribution in [0.25, 0.3) is 0 Å². The molecule has 11 heteroatoms. The van der Waals surface area contributed by atoms with Crippen LogP contribution in [0.3, 0.4) is 0 Å². The summed E-state index contributed by atoms with van der Waals surface area (Å²) in [5.74, 6) is 0. The first kappa shape index (κ1) is 21.1. The van der Waals surface area contributed by atoms with Crippen LogP contribution in [0, 0.1) is 0 Å². The number of carbonyl (C=O) groups is 1. The second-order valence-corrected chi connectivity index (χ2v) is 4.78. The summed E-state index contributed by atoms with van der Waals surface area (Å²) in [6.07, 6.45) is -0.718. The molecule has 0 aromatic heterocycles. The number of rotatable bonds is 3. The van der Waals surface area contributed by atoms with E-state index in [4.69, 9.17) is 0 Å². The van der Waals surface area contributed by atoms with E-state index in [1.807, 2.05) is 0 Å². The smallest absolute Gasteiger partial charge is 0.747 e. The quantitative estimate of drug-likeness (QED) is 0.285. The third-order valence-corrected chi connectivity index (χ3v) is 3.45. The topological polar surface area (TPSA) is 131 Å². The molecule has 0 aliphatic rings. The molecule has 7 nitrogen and oxygen atoms in total. The third kappa shape index (κ3) is 8.56. The van der Waals surface area contributed by atoms with Crippen LogP contribution in [-0.2, 0) is 25.0 Å². The molecule has 0 aliphatic carbocycles. The van der Waals surface area contributed by atoms with Crippen LogP contribution in [0.5, 0.6) is 0 Å². The average molecular weight is 280 g/mol. The van der Waals surface area contributed by atoms with E-state index in [-0.39, 0.29) is 103 Å². The molecule has 0 saturated carbocycles. The van der Waals surface area contributed by atoms with Gasteiger partial charge in [0.25, 0.3) is 0 Å². The molecule has 0 heterocycles. The van der Waals surface area contributed by atoms with Crippen molar-refractivity contribution in [2.75, 3.05) is 0 Å². The Hall–Kier alpha value is 2.76. The zero-order chi connectivity index (χ0) is 9.28. The van der Waals surface area contributed by atoms with Crippen molar-refractivity contribution in [2.45, 2.75) is 4.58 Å². The first-order valence-electron chi connectivity index (χ1n) is 2.04. The molecule has 0 N–H and O–H groups in total. The molecule has 0 spiro atoms. The Morgan fingerprint density at radius 2 is 1.15 bits per heavy atom. The van der Waals surface area contributed by atoms with E-state index in [1.165, 1.54) is 0 Å². The summed E-state index contributed by atoms with van der Waals surface area (Å²) in [4.78, 5) is 9.64. The van der Waals surface area contributed by atoms with E-state index in [0.717, 1.165) is 0 Å². The van der Waals surface area contributed by atoms with E-state index in [9.17, 15) is 30.7 Å². The summed E-state index contributed by atoms with van der Waals surface area (Å²) in [5, 5.41) is 0. The Morgan fingerprint density at radius 3 is 1.15 bits per heavy atom. The predicted octanol–water partition coefficient (Wildman–Crippen LogP) is -8.39. The van der Waals surface area contributed by atoms with Crippen molar-refractivity contribution in [2.24, 2.45) is 0 Å². The number of hydrogen-bond acceptors (Lipinski definition) is 7. The molecule has 0 rings (SSSR count). The fourth-order valence-corrected chi connectivity index (χ4v) is 1.71. The Kier molecular flexibility index (Phi) is 12.9. The zero-order valence-corrected chi connectivity index (χ0v) is 14.7. The summed E-state index contributed by atoms with van der Waals surface area (Å²) in [6.45, 7) is 0. The average Bonchev–Trinajstić information content (AvgIpc) is 1.56. The summed E-state index contributed by atoms with van der Waals surface area (Å²) < 4.78 is 56.0. The van der Waals surface area contributed by atoms with Gasteiger partial charge in [0.05, 0.1) is 0 Å². The molecule has 0 aromatic carbocycles. The fourth-order valence-electron chi connectivity index (χ4n) is 0.280. The minimum absolute atomic E-state index is 0. The van der Waals surface area contributed by atoms with Gasteiger partial charge in [-0.3, -0.25) is 0 Å². The van der Waals surface area contributed by atoms with Crippen molar-refractivity contribution in [3.63, 3.8) is 0 Å². The number of aldehydes is 1. The van der Waals surface area contributed by atoms with Crippen LogP contribution in [0.15, 0.2) is 0 Å². The van der Waals surface area contributed by atoms with E-state index in [2.05, 4.69) is 0 Å². The van der Waals surface area contributed by atoms with E-state index in [1.54, 1.807) is 0 Å². The minimum atomic E-state index is -5.39. The van der Waals surface area contributed by atoms with Crippen molar-refractivity contribution < 1.29 is 134 Å². The molecule has 0 fully saturated rings. The van der Waals surface area contributed by atoms with Gasteiger partial charge in [0.2, 0.25) is 0 Å². The van der Waals surface area contributed by atoms with Crippen LogP contribution < -0.4 is 103 Å². The van der Waals surface area contributed by atoms with Gasteiger partial charge in [0, 0.05) is 0 Å². The standard InChI is InChI=1S/C2H4O7S2.2K/c3-1-2(10(4,5)6)11(7,8)9;;/h1-2H,(H,4,5,6)(H,7,8,9);;/q;2*+1/p-2. The molecule has 0 unspecified atom stereocenters. The minimum Gasteiger partial charge on any atom is -0.747 e. The summed E-state index contributed by atoms with van der Waals surface area (Å²) >= 11 is 0. The second kappa shape index (κ2) is 7.94. The molecular weight excluding hydrogens is 278 g/mol. The van der Waals surface area contributed by atoms with Crippen molar-refractivity contribution in [3.8, 4) is 0 Å². The van der Waals surface area contributed by atoms with Gasteiger partial charge in [0.1, 0.15) is 20.2 Å². The fraction of sp³-hybridized carbons (Fsp3) is 0.500. The first-order chi connectivity index (χ1) is 4.69. The van der Waals surface area contributed by atoms with Crippen molar-refractivity contribution in [1.82, 2.24) is 0 Å². The Balaban J connectivity index is -0.000000500. The molecule has 0 aliphatic heterocycles. The molecule has 0 amide bonds. The van der Waals surface area contributed by atoms with Crippen molar-refractivity contribution in [1.29, 1.82) is 0 Å². The zero-order valence-electron chi connectivity index (χ0n) is 6.83. The number of hydrogen-bond donors (Lipinski definition) is 0. The van der Waals surface area contributed by atoms with Gasteiger partial charge in [0.15, 0.2) is 10.9 Å². The van der Waals surface area contributed by atoms with Crippen LogP contribution in [0.1, 0.15) is 0 Å². The van der Waals surface area contributed by atoms with Gasteiger partial charge in [-0.1, -0.05) is 0 Å². The van der Waals surface area contributed by atoms with Gasteiger partial charge >= 0.3 is 103 Å². The van der Waals surface area contributed by atoms with Gasteiger partial charge in [-0.05, 0) is 0 Å². The molecule has 0 radical (unpaired) electrons. The monoisotopic (exact) mass is 280 g/mol. The molecule has 0 aromatic rings. The Bertz CT molecular complexity index is 309. The van der Waals surface area contributed by atoms with E-state index < -0.39 is 31.1 Å². The predicted molar refractivity (Wildman–Crippen MR) is 29.2 cm³/mol. The maximum Gasteiger partial charge on any atom is 1.00 e. The van der Waals surface area contributed by atoms with Crippen molar-refractivity contribution in [3.05, 3.63) is 0 Å². The largest absolute Gasteiger partial charge is 1.00 e. The Labute approximate surface area is 160 Å². The maximum absolute atomic E-state index is 9.84. The molecule has 0 saturated heterocycles. The van der Waals surface area contributed by atoms with Crippen molar-refractivity contribution >= 4 is 26.5 Å². The summed E-state index contributed by atoms with van der Waals surface area (Å²) in [7, 11) is -10.8. The molecular formula is C2H2K2O7S2. The van der Waals surface area contributed by atoms with E-state index in [0.29, 0.717) is 0 Å².